The Morgan fingerprint density at radius 3 is 1.71 bits per heavy atom. The predicted molar refractivity (Wildman–Crippen MR) is 59.2 cm³/mol. The van der Waals surface area contributed by atoms with Gasteiger partial charge in [-0.25, -0.2) is 0 Å². The van der Waals surface area contributed by atoms with Crippen molar-refractivity contribution in [3.8, 4) is 0 Å². The van der Waals surface area contributed by atoms with Crippen LogP contribution in [0.25, 0.3) is 0 Å². The lowest BCUT2D eigenvalue weighted by Gasteiger charge is -2.33. The van der Waals surface area contributed by atoms with Crippen LogP contribution in [-0.4, -0.2) is 11.2 Å². The van der Waals surface area contributed by atoms with Crippen molar-refractivity contribution >= 4 is 0 Å². The van der Waals surface area contributed by atoms with E-state index < -0.39 is 0 Å². The van der Waals surface area contributed by atoms with Gasteiger partial charge in [-0.05, 0) is 32.3 Å². The molecule has 14 heavy (non-hydrogen) atoms. The van der Waals surface area contributed by atoms with Crippen LogP contribution in [0.15, 0.2) is 11.1 Å². The van der Waals surface area contributed by atoms with Gasteiger partial charge in [0.1, 0.15) is 11.2 Å². The molecule has 0 spiro atoms. The van der Waals surface area contributed by atoms with Gasteiger partial charge >= 0.3 is 0 Å². The van der Waals surface area contributed by atoms with Crippen LogP contribution in [0.2, 0.25) is 0 Å². The highest BCUT2D eigenvalue weighted by atomic mass is 16.6. The Balaban J connectivity index is 2.56. The summed E-state index contributed by atoms with van der Waals surface area (Å²) in [5.74, 6) is 0.579. The van der Waals surface area contributed by atoms with E-state index in [4.69, 9.17) is 4.74 Å². The summed E-state index contributed by atoms with van der Waals surface area (Å²) in [6.45, 7) is 15.9. The van der Waals surface area contributed by atoms with Crippen LogP contribution in [-0.2, 0) is 4.74 Å². The van der Waals surface area contributed by atoms with E-state index >= 15 is 0 Å². The minimum atomic E-state index is 0.0226. The summed E-state index contributed by atoms with van der Waals surface area (Å²) < 4.78 is 6.13. The second kappa shape index (κ2) is 2.27. The Bertz CT molecular complexity index is 320. The molecule has 0 saturated carbocycles. The van der Waals surface area contributed by atoms with Gasteiger partial charge in [0.15, 0.2) is 0 Å². The van der Waals surface area contributed by atoms with Crippen LogP contribution in [0.3, 0.4) is 0 Å². The van der Waals surface area contributed by atoms with Gasteiger partial charge in [0.05, 0.1) is 0 Å². The van der Waals surface area contributed by atoms with Gasteiger partial charge in [-0.15, -0.1) is 0 Å². The standard InChI is InChI=1S/C13H22O/c1-8(2)13-11(5,6)9(3)10(4)12(13,7)14-13/h8H,1-7H3. The minimum absolute atomic E-state index is 0.0226. The number of hydrogen-bond acceptors (Lipinski definition) is 1. The van der Waals surface area contributed by atoms with Crippen LogP contribution in [0, 0.1) is 11.3 Å². The molecule has 0 aromatic rings. The topological polar surface area (TPSA) is 12.5 Å². The van der Waals surface area contributed by atoms with Crippen molar-refractivity contribution in [2.45, 2.75) is 59.7 Å². The second-order valence-corrected chi connectivity index (χ2v) is 5.90. The first-order valence-corrected chi connectivity index (χ1v) is 5.60. The number of epoxide rings is 1. The van der Waals surface area contributed by atoms with Crippen molar-refractivity contribution in [1.29, 1.82) is 0 Å². The fourth-order valence-electron chi connectivity index (χ4n) is 3.87. The number of rotatable bonds is 1. The van der Waals surface area contributed by atoms with Crippen molar-refractivity contribution in [3.05, 3.63) is 11.1 Å². The molecule has 80 valence electrons. The quantitative estimate of drug-likeness (QED) is 0.459. The first kappa shape index (κ1) is 10.2. The summed E-state index contributed by atoms with van der Waals surface area (Å²) in [7, 11) is 0. The van der Waals surface area contributed by atoms with E-state index in [1.807, 2.05) is 0 Å². The Labute approximate surface area is 87.5 Å². The first-order valence-electron chi connectivity index (χ1n) is 5.60. The van der Waals surface area contributed by atoms with E-state index in [1.54, 1.807) is 0 Å². The molecule has 1 fully saturated rings. The zero-order valence-electron chi connectivity index (χ0n) is 10.5. The Hall–Kier alpha value is -0.300. The third-order valence-corrected chi connectivity index (χ3v) is 4.99. The third-order valence-electron chi connectivity index (χ3n) is 4.99. The fourth-order valence-corrected chi connectivity index (χ4v) is 3.87. The Morgan fingerprint density at radius 2 is 1.50 bits per heavy atom. The largest absolute Gasteiger partial charge is 0.357 e. The molecule has 0 radical (unpaired) electrons. The second-order valence-electron chi connectivity index (χ2n) is 5.90. The van der Waals surface area contributed by atoms with E-state index in [9.17, 15) is 0 Å². The molecule has 1 aliphatic heterocycles. The van der Waals surface area contributed by atoms with Gasteiger partial charge < -0.3 is 4.74 Å². The van der Waals surface area contributed by atoms with E-state index in [0.717, 1.165) is 0 Å². The monoisotopic (exact) mass is 194 g/mol. The highest BCUT2D eigenvalue weighted by Gasteiger charge is 2.79. The molecule has 1 aliphatic carbocycles. The molecule has 0 bridgehead atoms. The van der Waals surface area contributed by atoms with Gasteiger partial charge in [0, 0.05) is 5.41 Å². The Morgan fingerprint density at radius 1 is 1.00 bits per heavy atom. The molecule has 0 amide bonds. The van der Waals surface area contributed by atoms with Crippen molar-refractivity contribution in [2.75, 3.05) is 0 Å². The van der Waals surface area contributed by atoms with Crippen LogP contribution in [0.4, 0.5) is 0 Å². The van der Waals surface area contributed by atoms with Crippen LogP contribution >= 0.6 is 0 Å². The lowest BCUT2D eigenvalue weighted by molar-refractivity contribution is 0.118. The molecule has 0 aromatic heterocycles. The molecule has 1 nitrogen and oxygen atoms in total. The number of fused-ring (bicyclic) bond motifs is 1. The van der Waals surface area contributed by atoms with Crippen LogP contribution in [0.5, 0.6) is 0 Å². The summed E-state index contributed by atoms with van der Waals surface area (Å²) >= 11 is 0. The Kier molecular flexibility index (Phi) is 1.65. The third kappa shape index (κ3) is 0.701. The summed E-state index contributed by atoms with van der Waals surface area (Å²) in [4.78, 5) is 0. The van der Waals surface area contributed by atoms with Gasteiger partial charge in [-0.3, -0.25) is 0 Å². The molecule has 1 saturated heterocycles. The molecule has 1 heterocycles. The number of hydrogen-bond donors (Lipinski definition) is 0. The molecular formula is C13H22O. The maximum Gasteiger partial charge on any atom is 0.117 e. The van der Waals surface area contributed by atoms with Gasteiger partial charge in [0.2, 0.25) is 0 Å². The first-order chi connectivity index (χ1) is 6.22. The summed E-state index contributed by atoms with van der Waals surface area (Å²) in [6.07, 6.45) is 0. The predicted octanol–water partition coefficient (Wildman–Crippen LogP) is 3.55. The molecule has 1 heteroatoms. The van der Waals surface area contributed by atoms with Crippen molar-refractivity contribution in [3.63, 3.8) is 0 Å². The molecule has 0 aromatic carbocycles. The maximum atomic E-state index is 6.13. The highest BCUT2D eigenvalue weighted by Crippen LogP contribution is 2.72. The summed E-state index contributed by atoms with van der Waals surface area (Å²) in [6, 6.07) is 0. The van der Waals surface area contributed by atoms with Gasteiger partial charge in [0.25, 0.3) is 0 Å². The SMILES string of the molecule is CC1=C(C)C2(C)OC2(C(C)C)C1(C)C. The normalized spacial score (nSPS) is 44.6. The van der Waals surface area contributed by atoms with Crippen molar-refractivity contribution in [2.24, 2.45) is 11.3 Å². The molecule has 2 atom stereocenters. The van der Waals surface area contributed by atoms with Crippen LogP contribution < -0.4 is 0 Å². The van der Waals surface area contributed by atoms with E-state index in [-0.39, 0.29) is 16.6 Å². The minimum Gasteiger partial charge on any atom is -0.357 e. The fraction of sp³-hybridized carbons (Fsp3) is 0.846. The molecule has 0 N–H and O–H groups in total. The van der Waals surface area contributed by atoms with Gasteiger partial charge in [-0.2, -0.15) is 0 Å². The zero-order valence-corrected chi connectivity index (χ0v) is 10.5. The molecular weight excluding hydrogens is 172 g/mol. The molecule has 2 unspecified atom stereocenters. The van der Waals surface area contributed by atoms with E-state index in [1.165, 1.54) is 11.1 Å². The highest BCUT2D eigenvalue weighted by molar-refractivity contribution is 5.49. The van der Waals surface area contributed by atoms with Crippen LogP contribution in [0.1, 0.15) is 48.5 Å². The van der Waals surface area contributed by atoms with Crippen molar-refractivity contribution in [1.82, 2.24) is 0 Å². The maximum absolute atomic E-state index is 6.13. The average molecular weight is 194 g/mol. The number of ether oxygens (including phenoxy) is 1. The van der Waals surface area contributed by atoms with Gasteiger partial charge in [-0.1, -0.05) is 33.3 Å². The molecule has 2 rings (SSSR count). The lowest BCUT2D eigenvalue weighted by Crippen LogP contribution is -2.39. The smallest absolute Gasteiger partial charge is 0.117 e. The van der Waals surface area contributed by atoms with Crippen molar-refractivity contribution < 1.29 is 4.74 Å². The summed E-state index contributed by atoms with van der Waals surface area (Å²) in [5.41, 5.74) is 3.26. The molecule has 2 aliphatic rings. The van der Waals surface area contributed by atoms with E-state index in [0.29, 0.717) is 5.92 Å². The lowest BCUT2D eigenvalue weighted by atomic mass is 9.69. The van der Waals surface area contributed by atoms with E-state index in [2.05, 4.69) is 48.5 Å². The summed E-state index contributed by atoms with van der Waals surface area (Å²) in [5, 5.41) is 0. The zero-order chi connectivity index (χ0) is 10.9. The average Bonchev–Trinajstić information content (AvgIpc) is 2.69.